The minimum absolute atomic E-state index is 0.171. The predicted octanol–water partition coefficient (Wildman–Crippen LogP) is 2.61. The first kappa shape index (κ1) is 20.8. The fourth-order valence-electron chi connectivity index (χ4n) is 3.83. The van der Waals surface area contributed by atoms with Crippen LogP contribution in [0, 0.1) is 16.0 Å². The summed E-state index contributed by atoms with van der Waals surface area (Å²) >= 11 is 0. The number of hydrogen-bond donors (Lipinski definition) is 2. The molecule has 1 heterocycles. The third-order valence-corrected chi connectivity index (χ3v) is 5.38. The van der Waals surface area contributed by atoms with E-state index in [2.05, 4.69) is 22.3 Å². The van der Waals surface area contributed by atoms with Crippen LogP contribution in [0.2, 0.25) is 0 Å². The molecule has 0 spiro atoms. The van der Waals surface area contributed by atoms with E-state index in [1.807, 2.05) is 18.2 Å². The highest BCUT2D eigenvalue weighted by atomic mass is 16.6. The molecule has 0 aromatic heterocycles. The molecule has 2 aromatic rings. The Labute approximate surface area is 169 Å². The summed E-state index contributed by atoms with van der Waals surface area (Å²) in [5.41, 5.74) is 7.22. The lowest BCUT2D eigenvalue weighted by Crippen LogP contribution is -2.27. The molecule has 0 saturated carbocycles. The van der Waals surface area contributed by atoms with Gasteiger partial charge in [0.15, 0.2) is 0 Å². The van der Waals surface area contributed by atoms with Crippen molar-refractivity contribution in [1.29, 1.82) is 0 Å². The van der Waals surface area contributed by atoms with E-state index in [-0.39, 0.29) is 23.7 Å². The number of nitro groups is 1. The first-order chi connectivity index (χ1) is 14.0. The molecule has 154 valence electrons. The highest BCUT2D eigenvalue weighted by Gasteiger charge is 2.32. The second-order valence-corrected chi connectivity index (χ2v) is 7.21. The molecule has 29 heavy (non-hydrogen) atoms. The second-order valence-electron chi connectivity index (χ2n) is 7.21. The monoisotopic (exact) mass is 398 g/mol. The first-order valence-corrected chi connectivity index (χ1v) is 9.61. The molecule has 0 unspecified atom stereocenters. The Hall–Kier alpha value is -2.97. The molecular formula is C21H26N4O4. The molecule has 1 saturated heterocycles. The number of nitrogens with two attached hydrogens (primary N) is 1. The normalized spacial score (nSPS) is 19.1. The van der Waals surface area contributed by atoms with Crippen molar-refractivity contribution in [3.05, 3.63) is 64.2 Å². The second kappa shape index (κ2) is 9.49. The Balaban J connectivity index is 1.58. The highest BCUT2D eigenvalue weighted by Crippen LogP contribution is 2.32. The summed E-state index contributed by atoms with van der Waals surface area (Å²) in [5.74, 6) is 0.812. The van der Waals surface area contributed by atoms with Crippen LogP contribution >= 0.6 is 0 Å². The molecule has 0 aliphatic carbocycles. The minimum atomic E-state index is -0.533. The van der Waals surface area contributed by atoms with Gasteiger partial charge in [-0.2, -0.15) is 0 Å². The predicted molar refractivity (Wildman–Crippen MR) is 111 cm³/mol. The van der Waals surface area contributed by atoms with E-state index in [0.29, 0.717) is 30.7 Å². The number of ether oxygens (including phenoxy) is 1. The lowest BCUT2D eigenvalue weighted by atomic mass is 9.89. The number of carbonyl (C=O) groups excluding carboxylic acids is 1. The van der Waals surface area contributed by atoms with Gasteiger partial charge in [-0.15, -0.1) is 0 Å². The Bertz CT molecular complexity index is 859. The van der Waals surface area contributed by atoms with Crippen molar-refractivity contribution in [3.8, 4) is 5.75 Å². The average Bonchev–Trinajstić information content (AvgIpc) is 3.16. The number of nitro benzene ring substituents is 1. The van der Waals surface area contributed by atoms with Crippen molar-refractivity contribution in [2.75, 3.05) is 38.6 Å². The molecule has 8 heteroatoms. The maximum Gasteiger partial charge on any atom is 0.296 e. The van der Waals surface area contributed by atoms with Gasteiger partial charge in [-0.3, -0.25) is 14.9 Å². The maximum absolute atomic E-state index is 12.4. The van der Waals surface area contributed by atoms with Crippen LogP contribution in [-0.4, -0.2) is 49.0 Å². The van der Waals surface area contributed by atoms with Crippen LogP contribution in [-0.2, 0) is 4.79 Å². The zero-order chi connectivity index (χ0) is 20.8. The molecule has 3 rings (SSSR count). The van der Waals surface area contributed by atoms with Gasteiger partial charge in [-0.1, -0.05) is 30.3 Å². The average molecular weight is 398 g/mol. The van der Waals surface area contributed by atoms with Gasteiger partial charge in [0.2, 0.25) is 5.91 Å². The number of rotatable bonds is 8. The Morgan fingerprint density at radius 2 is 2.03 bits per heavy atom. The highest BCUT2D eigenvalue weighted by molar-refractivity contribution is 5.93. The molecule has 8 nitrogen and oxygen atoms in total. The van der Waals surface area contributed by atoms with Gasteiger partial charge in [0, 0.05) is 32.0 Å². The van der Waals surface area contributed by atoms with Crippen molar-refractivity contribution in [1.82, 2.24) is 4.90 Å². The molecule has 3 N–H and O–H groups in total. The number of methoxy groups -OCH3 is 1. The van der Waals surface area contributed by atoms with E-state index in [9.17, 15) is 14.9 Å². The summed E-state index contributed by atoms with van der Waals surface area (Å²) in [5, 5.41) is 13.9. The number of benzene rings is 2. The van der Waals surface area contributed by atoms with Crippen LogP contribution in [0.4, 0.5) is 11.4 Å². The number of nitrogens with one attached hydrogen (secondary N) is 1. The van der Waals surface area contributed by atoms with Crippen LogP contribution in [0.1, 0.15) is 17.9 Å². The van der Waals surface area contributed by atoms with Crippen molar-refractivity contribution in [2.24, 2.45) is 11.7 Å². The van der Waals surface area contributed by atoms with Crippen LogP contribution in [0.25, 0.3) is 0 Å². The van der Waals surface area contributed by atoms with E-state index in [4.69, 9.17) is 10.5 Å². The van der Waals surface area contributed by atoms with Gasteiger partial charge in [-0.25, -0.2) is 0 Å². The van der Waals surface area contributed by atoms with Gasteiger partial charge in [0.1, 0.15) is 11.4 Å². The van der Waals surface area contributed by atoms with E-state index in [1.165, 1.54) is 24.8 Å². The largest absolute Gasteiger partial charge is 0.496 e. The lowest BCUT2D eigenvalue weighted by molar-refractivity contribution is -0.384. The summed E-state index contributed by atoms with van der Waals surface area (Å²) in [6.45, 7) is 2.86. The number of amides is 1. The maximum atomic E-state index is 12.4. The Kier molecular flexibility index (Phi) is 6.79. The molecule has 2 atom stereocenters. The SMILES string of the molecule is COc1ccc(NC(=O)CCN2C[C@@H](CN)[C@H](c3ccccc3)C2)c([N+](=O)[O-])c1. The van der Waals surface area contributed by atoms with E-state index in [0.717, 1.165) is 13.1 Å². The standard InChI is InChI=1S/C21H26N4O4/c1-29-17-7-8-19(20(11-17)25(27)28)23-21(26)9-10-24-13-16(12-22)18(14-24)15-5-3-2-4-6-15/h2-8,11,16,18H,9-10,12-14,22H2,1H3,(H,23,26)/t16-,18+/m1/s1. The zero-order valence-corrected chi connectivity index (χ0v) is 16.4. The van der Waals surface area contributed by atoms with Gasteiger partial charge in [0.25, 0.3) is 5.69 Å². The first-order valence-electron chi connectivity index (χ1n) is 9.61. The number of carbonyl (C=O) groups is 1. The lowest BCUT2D eigenvalue weighted by Gasteiger charge is -2.16. The van der Waals surface area contributed by atoms with Crippen molar-refractivity contribution in [3.63, 3.8) is 0 Å². The molecule has 0 radical (unpaired) electrons. The van der Waals surface area contributed by atoms with Crippen molar-refractivity contribution >= 4 is 17.3 Å². The number of anilines is 1. The molecular weight excluding hydrogens is 372 g/mol. The van der Waals surface area contributed by atoms with E-state index < -0.39 is 4.92 Å². The third kappa shape index (κ3) is 5.10. The molecule has 1 amide bonds. The number of nitrogens with zero attached hydrogens (tertiary/aromatic N) is 2. The third-order valence-electron chi connectivity index (χ3n) is 5.38. The smallest absolute Gasteiger partial charge is 0.296 e. The molecule has 0 bridgehead atoms. The van der Waals surface area contributed by atoms with Gasteiger partial charge in [0.05, 0.1) is 18.1 Å². The summed E-state index contributed by atoms with van der Waals surface area (Å²) in [6, 6.07) is 14.7. The van der Waals surface area contributed by atoms with Crippen molar-refractivity contribution in [2.45, 2.75) is 12.3 Å². The summed E-state index contributed by atoms with van der Waals surface area (Å²) in [7, 11) is 1.44. The molecule has 1 aliphatic heterocycles. The van der Waals surface area contributed by atoms with Gasteiger partial charge in [-0.05, 0) is 30.2 Å². The topological polar surface area (TPSA) is 111 Å². The quantitative estimate of drug-likeness (QED) is 0.522. The fourth-order valence-corrected chi connectivity index (χ4v) is 3.83. The van der Waals surface area contributed by atoms with Crippen LogP contribution < -0.4 is 15.8 Å². The molecule has 2 aromatic carbocycles. The van der Waals surface area contributed by atoms with Crippen molar-refractivity contribution < 1.29 is 14.5 Å². The summed E-state index contributed by atoms with van der Waals surface area (Å²) in [6.07, 6.45) is 0.252. The molecule has 1 aliphatic rings. The number of likely N-dealkylation sites (tertiary alicyclic amines) is 1. The van der Waals surface area contributed by atoms with Gasteiger partial charge >= 0.3 is 0 Å². The Morgan fingerprint density at radius 3 is 2.69 bits per heavy atom. The van der Waals surface area contributed by atoms with Crippen LogP contribution in [0.3, 0.4) is 0 Å². The van der Waals surface area contributed by atoms with Gasteiger partial charge < -0.3 is 20.7 Å². The van der Waals surface area contributed by atoms with E-state index >= 15 is 0 Å². The summed E-state index contributed by atoms with van der Waals surface area (Å²) in [4.78, 5) is 25.3. The van der Waals surface area contributed by atoms with E-state index in [1.54, 1.807) is 6.07 Å². The Morgan fingerprint density at radius 1 is 1.28 bits per heavy atom. The minimum Gasteiger partial charge on any atom is -0.496 e. The van der Waals surface area contributed by atoms with Crippen LogP contribution in [0.15, 0.2) is 48.5 Å². The fraction of sp³-hybridized carbons (Fsp3) is 0.381. The summed E-state index contributed by atoms with van der Waals surface area (Å²) < 4.78 is 5.01. The zero-order valence-electron chi connectivity index (χ0n) is 16.4. The molecule has 1 fully saturated rings. The van der Waals surface area contributed by atoms with Crippen LogP contribution in [0.5, 0.6) is 5.75 Å². The number of hydrogen-bond acceptors (Lipinski definition) is 6.